The van der Waals surface area contributed by atoms with Gasteiger partial charge in [0.1, 0.15) is 0 Å². The van der Waals surface area contributed by atoms with Crippen LogP contribution < -0.4 is 0 Å². The number of benzene rings is 1. The van der Waals surface area contributed by atoms with Crippen LogP contribution in [0.1, 0.15) is 25.0 Å². The molecule has 0 amide bonds. The fourth-order valence-corrected chi connectivity index (χ4v) is 2.68. The van der Waals surface area contributed by atoms with Crippen molar-refractivity contribution >= 4 is 15.9 Å². The van der Waals surface area contributed by atoms with Crippen LogP contribution in [0.4, 0.5) is 0 Å². The van der Waals surface area contributed by atoms with Gasteiger partial charge in [-0.05, 0) is 35.3 Å². The lowest BCUT2D eigenvalue weighted by atomic mass is 9.79. The van der Waals surface area contributed by atoms with Gasteiger partial charge in [0.2, 0.25) is 0 Å². The van der Waals surface area contributed by atoms with Crippen molar-refractivity contribution in [1.29, 1.82) is 0 Å². The van der Waals surface area contributed by atoms with Crippen LogP contribution in [0, 0.1) is 11.3 Å². The zero-order valence-electron chi connectivity index (χ0n) is 8.89. The van der Waals surface area contributed by atoms with Crippen LogP contribution in [0.25, 0.3) is 0 Å². The maximum Gasteiger partial charge on any atom is 0.00855 e. The van der Waals surface area contributed by atoms with Crippen molar-refractivity contribution in [2.24, 2.45) is 11.3 Å². The summed E-state index contributed by atoms with van der Waals surface area (Å²) in [5, 5.41) is 1.10. The van der Waals surface area contributed by atoms with E-state index in [1.54, 1.807) is 11.1 Å². The molecule has 0 aromatic heterocycles. The van der Waals surface area contributed by atoms with Crippen LogP contribution in [0.3, 0.4) is 0 Å². The molecule has 0 N–H and O–H groups in total. The summed E-state index contributed by atoms with van der Waals surface area (Å²) in [6.07, 6.45) is 2.52. The van der Waals surface area contributed by atoms with E-state index in [1.165, 1.54) is 12.8 Å². The zero-order chi connectivity index (χ0) is 10.2. The monoisotopic (exact) mass is 252 g/mol. The molecule has 0 spiro atoms. The first-order valence-corrected chi connectivity index (χ1v) is 6.38. The first kappa shape index (κ1) is 10.2. The Hall–Kier alpha value is -0.300. The highest BCUT2D eigenvalue weighted by Gasteiger charge is 2.33. The molecule has 14 heavy (non-hydrogen) atoms. The largest absolute Gasteiger partial charge is 0.0922 e. The Morgan fingerprint density at radius 3 is 2.14 bits per heavy atom. The van der Waals surface area contributed by atoms with Gasteiger partial charge in [-0.15, -0.1) is 0 Å². The third-order valence-electron chi connectivity index (χ3n) is 3.50. The second kappa shape index (κ2) is 3.69. The Morgan fingerprint density at radius 2 is 1.71 bits per heavy atom. The molecule has 0 heterocycles. The second-order valence-electron chi connectivity index (χ2n) is 5.00. The lowest BCUT2D eigenvalue weighted by Gasteiger charge is -2.29. The predicted octanol–water partition coefficient (Wildman–Crippen LogP) is 3.82. The summed E-state index contributed by atoms with van der Waals surface area (Å²) >= 11 is 3.63. The van der Waals surface area contributed by atoms with Crippen LogP contribution in [-0.4, -0.2) is 5.33 Å². The van der Waals surface area contributed by atoms with Gasteiger partial charge in [-0.25, -0.2) is 0 Å². The molecule has 2 rings (SSSR count). The van der Waals surface area contributed by atoms with Crippen molar-refractivity contribution in [1.82, 2.24) is 0 Å². The van der Waals surface area contributed by atoms with E-state index >= 15 is 0 Å². The fraction of sp³-hybridized carbons (Fsp3) is 0.538. The highest BCUT2D eigenvalue weighted by Crippen LogP contribution is 2.39. The molecule has 0 fully saturated rings. The average molecular weight is 253 g/mol. The van der Waals surface area contributed by atoms with Gasteiger partial charge < -0.3 is 0 Å². The van der Waals surface area contributed by atoms with Crippen molar-refractivity contribution < 1.29 is 0 Å². The number of hydrogen-bond donors (Lipinski definition) is 0. The molecule has 0 nitrogen and oxygen atoms in total. The second-order valence-corrected chi connectivity index (χ2v) is 5.56. The Balaban J connectivity index is 2.19. The first-order chi connectivity index (χ1) is 6.63. The fourth-order valence-electron chi connectivity index (χ4n) is 2.22. The van der Waals surface area contributed by atoms with Gasteiger partial charge >= 0.3 is 0 Å². The summed E-state index contributed by atoms with van der Waals surface area (Å²) in [4.78, 5) is 0. The molecule has 1 heteroatoms. The summed E-state index contributed by atoms with van der Waals surface area (Å²) in [6, 6.07) is 8.87. The van der Waals surface area contributed by atoms with E-state index in [4.69, 9.17) is 0 Å². The summed E-state index contributed by atoms with van der Waals surface area (Å²) < 4.78 is 0. The maximum absolute atomic E-state index is 3.63. The lowest BCUT2D eigenvalue weighted by Crippen LogP contribution is -2.26. The van der Waals surface area contributed by atoms with Crippen molar-refractivity contribution in [3.8, 4) is 0 Å². The van der Waals surface area contributed by atoms with Crippen LogP contribution >= 0.6 is 15.9 Å². The number of hydrogen-bond acceptors (Lipinski definition) is 0. The molecule has 1 aliphatic rings. The molecule has 0 unspecified atom stereocenters. The van der Waals surface area contributed by atoms with E-state index in [-0.39, 0.29) is 0 Å². The Morgan fingerprint density at radius 1 is 1.21 bits per heavy atom. The summed E-state index contributed by atoms with van der Waals surface area (Å²) in [5.41, 5.74) is 3.54. The minimum absolute atomic E-state index is 0.416. The van der Waals surface area contributed by atoms with Gasteiger partial charge in [-0.3, -0.25) is 0 Å². The average Bonchev–Trinajstić information content (AvgIpc) is 2.61. The van der Waals surface area contributed by atoms with Crippen LogP contribution in [0.15, 0.2) is 24.3 Å². The molecular weight excluding hydrogens is 236 g/mol. The number of fused-ring (bicyclic) bond motifs is 1. The molecule has 0 aliphatic heterocycles. The SMILES string of the molecule is CC(C)(CBr)C1Cc2ccccc2C1. The summed E-state index contributed by atoms with van der Waals surface area (Å²) in [7, 11) is 0. The molecule has 1 aliphatic carbocycles. The van der Waals surface area contributed by atoms with E-state index in [1.807, 2.05) is 0 Å². The van der Waals surface area contributed by atoms with Crippen LogP contribution in [-0.2, 0) is 12.8 Å². The summed E-state index contributed by atoms with van der Waals surface area (Å²) in [5.74, 6) is 0.805. The Bertz CT molecular complexity index is 303. The van der Waals surface area contributed by atoms with Gasteiger partial charge in [-0.1, -0.05) is 54.0 Å². The Labute approximate surface area is 94.8 Å². The molecule has 0 bridgehead atoms. The predicted molar refractivity (Wildman–Crippen MR) is 64.9 cm³/mol. The molecule has 0 saturated carbocycles. The van der Waals surface area contributed by atoms with Crippen molar-refractivity contribution in [2.45, 2.75) is 26.7 Å². The number of rotatable bonds is 2. The third kappa shape index (κ3) is 1.75. The quantitative estimate of drug-likeness (QED) is 0.703. The zero-order valence-corrected chi connectivity index (χ0v) is 10.5. The van der Waals surface area contributed by atoms with E-state index in [0.29, 0.717) is 5.41 Å². The molecule has 0 atom stereocenters. The number of halogens is 1. The first-order valence-electron chi connectivity index (χ1n) is 5.26. The maximum atomic E-state index is 3.63. The van der Waals surface area contributed by atoms with Gasteiger partial charge in [0.25, 0.3) is 0 Å². The highest BCUT2D eigenvalue weighted by atomic mass is 79.9. The minimum Gasteiger partial charge on any atom is -0.0922 e. The molecule has 76 valence electrons. The van der Waals surface area contributed by atoms with E-state index in [2.05, 4.69) is 54.0 Å². The van der Waals surface area contributed by atoms with E-state index < -0.39 is 0 Å². The smallest absolute Gasteiger partial charge is 0.00855 e. The molecule has 0 saturated heterocycles. The van der Waals surface area contributed by atoms with Gasteiger partial charge in [0.15, 0.2) is 0 Å². The summed E-state index contributed by atoms with van der Waals surface area (Å²) in [6.45, 7) is 4.72. The number of alkyl halides is 1. The van der Waals surface area contributed by atoms with Gasteiger partial charge in [0, 0.05) is 5.33 Å². The normalized spacial score (nSPS) is 17.1. The van der Waals surface area contributed by atoms with Crippen LogP contribution in [0.2, 0.25) is 0 Å². The highest BCUT2D eigenvalue weighted by molar-refractivity contribution is 9.09. The standard InChI is InChI=1S/C13H17Br/c1-13(2,9-14)12-7-10-5-3-4-6-11(10)8-12/h3-6,12H,7-9H2,1-2H3. The van der Waals surface area contributed by atoms with Gasteiger partial charge in [-0.2, -0.15) is 0 Å². The van der Waals surface area contributed by atoms with Crippen molar-refractivity contribution in [2.75, 3.05) is 5.33 Å². The van der Waals surface area contributed by atoms with Crippen LogP contribution in [0.5, 0.6) is 0 Å². The lowest BCUT2D eigenvalue weighted by molar-refractivity contribution is 0.260. The molecule has 1 aromatic rings. The Kier molecular flexibility index (Phi) is 2.70. The van der Waals surface area contributed by atoms with E-state index in [9.17, 15) is 0 Å². The van der Waals surface area contributed by atoms with Crippen molar-refractivity contribution in [3.05, 3.63) is 35.4 Å². The molecule has 1 aromatic carbocycles. The topological polar surface area (TPSA) is 0 Å². The van der Waals surface area contributed by atoms with Gasteiger partial charge in [0.05, 0.1) is 0 Å². The minimum atomic E-state index is 0.416. The third-order valence-corrected chi connectivity index (χ3v) is 4.95. The molecular formula is C13H17Br. The van der Waals surface area contributed by atoms with Crippen molar-refractivity contribution in [3.63, 3.8) is 0 Å². The molecule has 0 radical (unpaired) electrons. The van der Waals surface area contributed by atoms with E-state index in [0.717, 1.165) is 11.2 Å².